The number of carbonyl (C=O) groups excluding carboxylic acids is 2. The highest BCUT2D eigenvalue weighted by Crippen LogP contribution is 2.22. The van der Waals surface area contributed by atoms with E-state index >= 15 is 0 Å². The van der Waals surface area contributed by atoms with Crippen molar-refractivity contribution >= 4 is 11.8 Å². The number of methoxy groups -OCH3 is 1. The van der Waals surface area contributed by atoms with Gasteiger partial charge in [0.25, 0.3) is 11.8 Å². The van der Waals surface area contributed by atoms with Crippen LogP contribution in [0, 0.1) is 11.6 Å². The van der Waals surface area contributed by atoms with Crippen LogP contribution in [-0.2, 0) is 15.9 Å². The molecule has 2 fully saturated rings. The van der Waals surface area contributed by atoms with Gasteiger partial charge in [-0.1, -0.05) is 13.0 Å². The van der Waals surface area contributed by atoms with Crippen molar-refractivity contribution in [3.8, 4) is 0 Å². The summed E-state index contributed by atoms with van der Waals surface area (Å²) in [5.74, 6) is -2.14. The zero-order valence-corrected chi connectivity index (χ0v) is 23.1. The molecule has 2 aliphatic rings. The second kappa shape index (κ2) is 14.1. The smallest absolute Gasteiger partial charge is 0.254 e. The lowest BCUT2D eigenvalue weighted by molar-refractivity contribution is 0.0514. The second-order valence-corrected chi connectivity index (χ2v) is 10.6. The zero-order chi connectivity index (χ0) is 28.6. The van der Waals surface area contributed by atoms with Crippen molar-refractivity contribution in [3.63, 3.8) is 0 Å². The number of likely N-dealkylation sites (tertiary alicyclic amines) is 1. The lowest BCUT2D eigenvalue weighted by Crippen LogP contribution is -2.52. The average Bonchev–Trinajstić information content (AvgIpc) is 3.60. The number of aliphatic hydroxyl groups excluding tert-OH is 1. The Morgan fingerprint density at radius 2 is 1.93 bits per heavy atom. The van der Waals surface area contributed by atoms with Gasteiger partial charge >= 0.3 is 0 Å². The maximum atomic E-state index is 13.9. The summed E-state index contributed by atoms with van der Waals surface area (Å²) in [6, 6.07) is 8.35. The molecule has 0 radical (unpaired) electrons. The number of halogens is 2. The summed E-state index contributed by atoms with van der Waals surface area (Å²) in [5, 5.41) is 17.4. The number of carbonyl (C=O) groups is 2. The van der Waals surface area contributed by atoms with Gasteiger partial charge in [-0.25, -0.2) is 8.78 Å². The van der Waals surface area contributed by atoms with Crippen LogP contribution in [0.1, 0.15) is 58.9 Å². The Hall–Kier alpha value is -2.92. The predicted octanol–water partition coefficient (Wildman–Crippen LogP) is 3.07. The van der Waals surface area contributed by atoms with E-state index in [-0.39, 0.29) is 36.1 Å². The summed E-state index contributed by atoms with van der Waals surface area (Å²) in [4.78, 5) is 28.4. The van der Waals surface area contributed by atoms with Crippen molar-refractivity contribution < 1.29 is 33.0 Å². The van der Waals surface area contributed by atoms with E-state index in [4.69, 9.17) is 9.47 Å². The van der Waals surface area contributed by atoms with Gasteiger partial charge in [0.05, 0.1) is 30.9 Å². The second-order valence-electron chi connectivity index (χ2n) is 10.6. The highest BCUT2D eigenvalue weighted by atomic mass is 19.1. The van der Waals surface area contributed by atoms with Crippen molar-refractivity contribution in [2.75, 3.05) is 33.4 Å². The number of aliphatic hydroxyl groups is 1. The van der Waals surface area contributed by atoms with Crippen LogP contribution in [0.5, 0.6) is 0 Å². The molecule has 2 heterocycles. The van der Waals surface area contributed by atoms with E-state index in [1.807, 2.05) is 6.92 Å². The van der Waals surface area contributed by atoms with Crippen LogP contribution >= 0.6 is 0 Å². The summed E-state index contributed by atoms with van der Waals surface area (Å²) < 4.78 is 38.9. The summed E-state index contributed by atoms with van der Waals surface area (Å²) in [5.41, 5.74) is 0.939. The van der Waals surface area contributed by atoms with Crippen molar-refractivity contribution in [1.82, 2.24) is 15.5 Å². The number of rotatable bonds is 12. The van der Waals surface area contributed by atoms with Gasteiger partial charge in [0, 0.05) is 50.0 Å². The summed E-state index contributed by atoms with van der Waals surface area (Å²) in [7, 11) is 1.61. The molecule has 0 bridgehead atoms. The molecule has 218 valence electrons. The van der Waals surface area contributed by atoms with E-state index in [0.29, 0.717) is 43.9 Å². The number of benzene rings is 2. The molecule has 40 heavy (non-hydrogen) atoms. The van der Waals surface area contributed by atoms with Gasteiger partial charge in [-0.05, 0) is 68.0 Å². The average molecular weight is 560 g/mol. The summed E-state index contributed by atoms with van der Waals surface area (Å²) in [6.07, 6.45) is 2.03. The third kappa shape index (κ3) is 7.63. The van der Waals surface area contributed by atoms with E-state index in [0.717, 1.165) is 25.3 Å². The van der Waals surface area contributed by atoms with Gasteiger partial charge in [-0.15, -0.1) is 0 Å². The van der Waals surface area contributed by atoms with E-state index in [9.17, 15) is 23.5 Å². The largest absolute Gasteiger partial charge is 0.389 e. The van der Waals surface area contributed by atoms with Gasteiger partial charge < -0.3 is 30.1 Å². The van der Waals surface area contributed by atoms with E-state index in [1.165, 1.54) is 18.2 Å². The first kappa shape index (κ1) is 30.0. The number of ether oxygens (including phenoxy) is 2. The molecular weight excluding hydrogens is 520 g/mol. The molecule has 5 atom stereocenters. The summed E-state index contributed by atoms with van der Waals surface area (Å²) >= 11 is 0. The standard InChI is InChI=1S/C30H39F2N3O5/c1-3-10-40-25-16-26(33-17-25)28(36)27(13-19-11-22(31)15-23(32)12-19)34-29(37)20-6-4-7-21(14-20)30(38)35-9-5-8-24(35)18-39-2/h4,6-7,11-12,14-15,24-28,33,36H,3,5,8-10,13,16-18H2,1-2H3,(H,34,37)/t24-,25-,26-,27?,28-/m1/s1. The molecule has 1 unspecified atom stereocenters. The molecule has 2 aromatic carbocycles. The third-order valence-electron chi connectivity index (χ3n) is 7.57. The molecule has 2 aromatic rings. The molecule has 3 N–H and O–H groups in total. The van der Waals surface area contributed by atoms with Crippen LogP contribution in [0.15, 0.2) is 42.5 Å². The minimum Gasteiger partial charge on any atom is -0.389 e. The van der Waals surface area contributed by atoms with Crippen LogP contribution in [0.4, 0.5) is 8.78 Å². The number of hydrogen-bond donors (Lipinski definition) is 3. The Bertz CT molecular complexity index is 1150. The maximum absolute atomic E-state index is 13.9. The Morgan fingerprint density at radius 3 is 2.65 bits per heavy atom. The Kier molecular flexibility index (Phi) is 10.6. The minimum atomic E-state index is -1.06. The Labute approximate surface area is 234 Å². The van der Waals surface area contributed by atoms with Crippen LogP contribution in [0.25, 0.3) is 0 Å². The fourth-order valence-electron chi connectivity index (χ4n) is 5.60. The molecule has 2 saturated heterocycles. The fraction of sp³-hybridized carbons (Fsp3) is 0.533. The first-order valence-electron chi connectivity index (χ1n) is 14.0. The third-order valence-corrected chi connectivity index (χ3v) is 7.57. The lowest BCUT2D eigenvalue weighted by atomic mass is 9.94. The minimum absolute atomic E-state index is 0.00530. The van der Waals surface area contributed by atoms with E-state index in [2.05, 4.69) is 10.6 Å². The van der Waals surface area contributed by atoms with E-state index in [1.54, 1.807) is 30.2 Å². The molecule has 2 aliphatic heterocycles. The zero-order valence-electron chi connectivity index (χ0n) is 23.1. The summed E-state index contributed by atoms with van der Waals surface area (Å²) in [6.45, 7) is 4.26. The molecule has 8 nitrogen and oxygen atoms in total. The molecule has 10 heteroatoms. The number of nitrogens with one attached hydrogen (secondary N) is 2. The van der Waals surface area contributed by atoms with Gasteiger partial charge in [-0.3, -0.25) is 9.59 Å². The number of nitrogens with zero attached hydrogens (tertiary/aromatic N) is 1. The molecule has 0 saturated carbocycles. The Morgan fingerprint density at radius 1 is 1.18 bits per heavy atom. The predicted molar refractivity (Wildman–Crippen MR) is 146 cm³/mol. The number of amides is 2. The van der Waals surface area contributed by atoms with E-state index < -0.39 is 29.7 Å². The highest BCUT2D eigenvalue weighted by Gasteiger charge is 2.36. The maximum Gasteiger partial charge on any atom is 0.254 e. The van der Waals surface area contributed by atoms with Gasteiger partial charge in [-0.2, -0.15) is 0 Å². The highest BCUT2D eigenvalue weighted by molar-refractivity contribution is 6.00. The Balaban J connectivity index is 1.51. The van der Waals surface area contributed by atoms with Crippen molar-refractivity contribution in [2.45, 2.75) is 69.4 Å². The van der Waals surface area contributed by atoms with Crippen molar-refractivity contribution in [3.05, 3.63) is 70.8 Å². The SMILES string of the molecule is CCCO[C@H]1CN[C@@H]([C@@H](O)C(Cc2cc(F)cc(F)c2)NC(=O)c2cccc(C(=O)N3CCC[C@@H]3COC)c2)C1. The quantitative estimate of drug-likeness (QED) is 0.370. The molecular formula is C30H39F2N3O5. The topological polar surface area (TPSA) is 100 Å². The normalized spacial score (nSPS) is 22.3. The van der Waals surface area contributed by atoms with Gasteiger partial charge in [0.15, 0.2) is 0 Å². The van der Waals surface area contributed by atoms with Crippen LogP contribution in [-0.4, -0.2) is 85.6 Å². The van der Waals surface area contributed by atoms with Gasteiger partial charge in [0.2, 0.25) is 0 Å². The lowest BCUT2D eigenvalue weighted by Gasteiger charge is -2.29. The molecule has 2 amide bonds. The molecule has 0 aliphatic carbocycles. The van der Waals surface area contributed by atoms with Crippen LogP contribution < -0.4 is 10.6 Å². The fourth-order valence-corrected chi connectivity index (χ4v) is 5.60. The van der Waals surface area contributed by atoms with Crippen LogP contribution in [0.3, 0.4) is 0 Å². The molecule has 4 rings (SSSR count). The first-order valence-corrected chi connectivity index (χ1v) is 14.0. The van der Waals surface area contributed by atoms with Crippen molar-refractivity contribution in [2.24, 2.45) is 0 Å². The van der Waals surface area contributed by atoms with Crippen LogP contribution in [0.2, 0.25) is 0 Å². The molecule has 0 aromatic heterocycles. The monoisotopic (exact) mass is 559 g/mol. The molecule has 0 spiro atoms. The van der Waals surface area contributed by atoms with Gasteiger partial charge in [0.1, 0.15) is 11.6 Å². The first-order chi connectivity index (χ1) is 19.3. The number of hydrogen-bond acceptors (Lipinski definition) is 6. The van der Waals surface area contributed by atoms with Crippen molar-refractivity contribution in [1.29, 1.82) is 0 Å².